The zero-order valence-electron chi connectivity index (χ0n) is 23.4. The third-order valence-corrected chi connectivity index (χ3v) is 7.14. The van der Waals surface area contributed by atoms with Gasteiger partial charge in [0.2, 0.25) is 0 Å². The molecule has 1 fully saturated rings. The molecular formula is C30H30F2N10O. The molecule has 5 rings (SSSR count). The van der Waals surface area contributed by atoms with E-state index in [2.05, 4.69) is 30.5 Å². The Balaban J connectivity index is 1.29. The van der Waals surface area contributed by atoms with Gasteiger partial charge < -0.3 is 27.0 Å². The summed E-state index contributed by atoms with van der Waals surface area (Å²) in [4.78, 5) is 32.6. The SMILES string of the molecule is C[C@H](NC(=O)c1nc(C#N)cnc1NCc1ccc(-c2cnc(N)c(N3CCC[C@@H](N)C3)n2)cc1)c1ccc(F)c(F)c1. The van der Waals surface area contributed by atoms with E-state index >= 15 is 0 Å². The molecule has 1 saturated heterocycles. The van der Waals surface area contributed by atoms with Gasteiger partial charge in [0.25, 0.3) is 5.91 Å². The van der Waals surface area contributed by atoms with Crippen LogP contribution in [0.4, 0.5) is 26.2 Å². The summed E-state index contributed by atoms with van der Waals surface area (Å²) in [6, 6.07) is 12.3. The van der Waals surface area contributed by atoms with Crippen molar-refractivity contribution in [3.63, 3.8) is 0 Å². The van der Waals surface area contributed by atoms with Gasteiger partial charge in [-0.05, 0) is 43.0 Å². The molecular weight excluding hydrogens is 554 g/mol. The number of carbonyl (C=O) groups excluding carboxylic acids is 1. The van der Waals surface area contributed by atoms with Gasteiger partial charge in [0.05, 0.1) is 24.1 Å². The lowest BCUT2D eigenvalue weighted by Crippen LogP contribution is -2.43. The first-order chi connectivity index (χ1) is 20.7. The summed E-state index contributed by atoms with van der Waals surface area (Å²) in [6.07, 6.45) is 4.83. The lowest BCUT2D eigenvalue weighted by Gasteiger charge is -2.32. The quantitative estimate of drug-likeness (QED) is 0.239. The summed E-state index contributed by atoms with van der Waals surface area (Å²) in [6.45, 7) is 3.42. The maximum atomic E-state index is 13.7. The Morgan fingerprint density at radius 2 is 1.93 bits per heavy atom. The Bertz CT molecular complexity index is 1680. The third-order valence-electron chi connectivity index (χ3n) is 7.14. The molecule has 0 radical (unpaired) electrons. The first-order valence-corrected chi connectivity index (χ1v) is 13.7. The zero-order chi connectivity index (χ0) is 30.5. The normalized spacial score (nSPS) is 15.4. The maximum absolute atomic E-state index is 13.7. The van der Waals surface area contributed by atoms with E-state index in [1.807, 2.05) is 30.3 Å². The molecule has 0 aliphatic carbocycles. The van der Waals surface area contributed by atoms with E-state index in [9.17, 15) is 18.8 Å². The Morgan fingerprint density at radius 1 is 1.14 bits per heavy atom. The van der Waals surface area contributed by atoms with Gasteiger partial charge in [-0.3, -0.25) is 4.79 Å². The molecule has 1 aliphatic heterocycles. The van der Waals surface area contributed by atoms with Crippen LogP contribution in [0.3, 0.4) is 0 Å². The van der Waals surface area contributed by atoms with E-state index in [4.69, 9.17) is 16.5 Å². The fourth-order valence-corrected chi connectivity index (χ4v) is 4.80. The van der Waals surface area contributed by atoms with Crippen LogP contribution >= 0.6 is 0 Å². The minimum absolute atomic E-state index is 0.0453. The number of hydrogen-bond donors (Lipinski definition) is 4. The zero-order valence-corrected chi connectivity index (χ0v) is 23.4. The second-order valence-electron chi connectivity index (χ2n) is 10.3. The lowest BCUT2D eigenvalue weighted by atomic mass is 10.1. The van der Waals surface area contributed by atoms with Crippen molar-refractivity contribution < 1.29 is 13.6 Å². The van der Waals surface area contributed by atoms with Crippen molar-refractivity contribution in [2.45, 2.75) is 38.4 Å². The van der Waals surface area contributed by atoms with E-state index in [0.717, 1.165) is 42.6 Å². The third kappa shape index (κ3) is 6.82. The molecule has 6 N–H and O–H groups in total. The van der Waals surface area contributed by atoms with Crippen molar-refractivity contribution in [3.8, 4) is 17.3 Å². The number of nitrogens with two attached hydrogens (primary N) is 2. The lowest BCUT2D eigenvalue weighted by molar-refractivity contribution is 0.0935. The highest BCUT2D eigenvalue weighted by molar-refractivity contribution is 5.97. The van der Waals surface area contributed by atoms with Crippen LogP contribution in [0.25, 0.3) is 11.3 Å². The standard InChI is InChI=1S/C30H30F2N10O/c1-17(20-8-9-23(31)24(32)11-20)39-30(43)26-28(38-14-22(12-33)40-26)37-13-18-4-6-19(7-5-18)25-15-36-27(35)29(41-25)42-10-2-3-21(34)16-42/h4-9,11,14-15,17,21H,2-3,10,13,16,34H2,1H3,(H2,35,36)(H,37,38)(H,39,43)/t17-,21+/m0/s1. The number of carbonyl (C=O) groups is 1. The van der Waals surface area contributed by atoms with Gasteiger partial charge in [0, 0.05) is 31.2 Å². The van der Waals surface area contributed by atoms with Gasteiger partial charge in [-0.1, -0.05) is 30.3 Å². The van der Waals surface area contributed by atoms with Gasteiger partial charge in [0.15, 0.2) is 40.5 Å². The number of benzene rings is 2. The fourth-order valence-electron chi connectivity index (χ4n) is 4.80. The van der Waals surface area contributed by atoms with E-state index in [0.29, 0.717) is 36.0 Å². The summed E-state index contributed by atoms with van der Waals surface area (Å²) in [5, 5.41) is 15.1. The van der Waals surface area contributed by atoms with Gasteiger partial charge in [-0.15, -0.1) is 0 Å². The predicted molar refractivity (Wildman–Crippen MR) is 158 cm³/mol. The smallest absolute Gasteiger partial charge is 0.274 e. The van der Waals surface area contributed by atoms with Gasteiger partial charge in [-0.2, -0.15) is 5.26 Å². The number of amides is 1. The minimum atomic E-state index is -1.02. The highest BCUT2D eigenvalue weighted by Gasteiger charge is 2.22. The molecule has 13 heteroatoms. The number of piperidine rings is 1. The maximum Gasteiger partial charge on any atom is 0.274 e. The summed E-state index contributed by atoms with van der Waals surface area (Å²) < 4.78 is 27.0. The average Bonchev–Trinajstić information content (AvgIpc) is 3.01. The summed E-state index contributed by atoms with van der Waals surface area (Å²) in [5.41, 5.74) is 14.9. The number of rotatable bonds is 8. The molecule has 4 aromatic rings. The Labute approximate surface area is 247 Å². The number of nitriles is 1. The average molecular weight is 585 g/mol. The van der Waals surface area contributed by atoms with Crippen molar-refractivity contribution in [2.24, 2.45) is 5.73 Å². The van der Waals surface area contributed by atoms with E-state index in [1.54, 1.807) is 13.1 Å². The van der Waals surface area contributed by atoms with Crippen molar-refractivity contribution in [1.29, 1.82) is 5.26 Å². The molecule has 43 heavy (non-hydrogen) atoms. The molecule has 11 nitrogen and oxygen atoms in total. The second-order valence-corrected chi connectivity index (χ2v) is 10.3. The monoisotopic (exact) mass is 584 g/mol. The fraction of sp³-hybridized carbons (Fsp3) is 0.267. The number of halogens is 2. The molecule has 0 bridgehead atoms. The number of nitrogen functional groups attached to an aromatic ring is 1. The highest BCUT2D eigenvalue weighted by Crippen LogP contribution is 2.27. The highest BCUT2D eigenvalue weighted by atomic mass is 19.2. The van der Waals surface area contributed by atoms with Gasteiger partial charge >= 0.3 is 0 Å². The van der Waals surface area contributed by atoms with E-state index < -0.39 is 23.6 Å². The first kappa shape index (κ1) is 29.3. The molecule has 0 saturated carbocycles. The molecule has 0 unspecified atom stereocenters. The van der Waals surface area contributed by atoms with Crippen LogP contribution in [0.15, 0.2) is 54.9 Å². The predicted octanol–water partition coefficient (Wildman–Crippen LogP) is 3.70. The first-order valence-electron chi connectivity index (χ1n) is 13.7. The number of aromatic nitrogens is 4. The van der Waals surface area contributed by atoms with Crippen LogP contribution in [-0.4, -0.2) is 45.0 Å². The molecule has 0 spiro atoms. The van der Waals surface area contributed by atoms with Crippen LogP contribution in [0.2, 0.25) is 0 Å². The topological polar surface area (TPSA) is 172 Å². The van der Waals surface area contributed by atoms with E-state index in [1.165, 1.54) is 12.3 Å². The molecule has 2 aromatic heterocycles. The molecule has 1 aliphatic rings. The molecule has 2 aromatic carbocycles. The van der Waals surface area contributed by atoms with Crippen LogP contribution < -0.4 is 27.0 Å². The Kier molecular flexibility index (Phi) is 8.68. The second kappa shape index (κ2) is 12.7. The van der Waals surface area contributed by atoms with Gasteiger partial charge in [-0.25, -0.2) is 28.7 Å². The minimum Gasteiger partial charge on any atom is -0.381 e. The Morgan fingerprint density at radius 3 is 2.65 bits per heavy atom. The van der Waals surface area contributed by atoms with Crippen molar-refractivity contribution in [3.05, 3.63) is 89.0 Å². The number of nitrogens with one attached hydrogen (secondary N) is 2. The number of anilines is 3. The molecule has 220 valence electrons. The van der Waals surface area contributed by atoms with Crippen LogP contribution in [0.5, 0.6) is 0 Å². The van der Waals surface area contributed by atoms with Crippen LogP contribution in [0, 0.1) is 23.0 Å². The number of hydrogen-bond acceptors (Lipinski definition) is 10. The van der Waals surface area contributed by atoms with Crippen molar-refractivity contribution >= 4 is 23.4 Å². The summed E-state index contributed by atoms with van der Waals surface area (Å²) in [5.74, 6) is -1.49. The van der Waals surface area contributed by atoms with Crippen LogP contribution in [-0.2, 0) is 6.54 Å². The number of nitrogens with zero attached hydrogens (tertiary/aromatic N) is 6. The molecule has 3 heterocycles. The Hall–Kier alpha value is -5.22. The van der Waals surface area contributed by atoms with Crippen LogP contribution in [0.1, 0.15) is 53.1 Å². The van der Waals surface area contributed by atoms with Crippen molar-refractivity contribution in [1.82, 2.24) is 25.3 Å². The van der Waals surface area contributed by atoms with Crippen molar-refractivity contribution in [2.75, 3.05) is 29.0 Å². The molecule has 2 atom stereocenters. The molecule has 1 amide bonds. The summed E-state index contributed by atoms with van der Waals surface area (Å²) in [7, 11) is 0. The largest absolute Gasteiger partial charge is 0.381 e. The summed E-state index contributed by atoms with van der Waals surface area (Å²) >= 11 is 0. The van der Waals surface area contributed by atoms with E-state index in [-0.39, 0.29) is 23.2 Å². The van der Waals surface area contributed by atoms with Gasteiger partial charge in [0.1, 0.15) is 6.07 Å².